The van der Waals surface area contributed by atoms with Crippen molar-refractivity contribution in [1.82, 2.24) is 19.9 Å². The lowest BCUT2D eigenvalue weighted by Crippen LogP contribution is -2.45. The number of hydrogen-bond donors (Lipinski definition) is 1. The third-order valence-corrected chi connectivity index (χ3v) is 4.20. The largest absolute Gasteiger partial charge is 0.463 e. The van der Waals surface area contributed by atoms with E-state index < -0.39 is 23.3 Å². The predicted octanol–water partition coefficient (Wildman–Crippen LogP) is 4.95. The molecule has 0 bridgehead atoms. The molecule has 0 aliphatic rings. The zero-order valence-electron chi connectivity index (χ0n) is 16.9. The fourth-order valence-corrected chi connectivity index (χ4v) is 3.62. The van der Waals surface area contributed by atoms with Gasteiger partial charge in [-0.3, -0.25) is 4.79 Å². The summed E-state index contributed by atoms with van der Waals surface area (Å²) in [6.45, 7) is 9.87. The van der Waals surface area contributed by atoms with Crippen LogP contribution in [0.2, 0.25) is 0 Å². The van der Waals surface area contributed by atoms with E-state index in [4.69, 9.17) is 4.42 Å². The van der Waals surface area contributed by atoms with E-state index in [0.29, 0.717) is 10.9 Å². The maximum absolute atomic E-state index is 13.6. The highest BCUT2D eigenvalue weighted by Crippen LogP contribution is 2.33. The molecule has 0 aliphatic carbocycles. The van der Waals surface area contributed by atoms with E-state index in [0.717, 1.165) is 12.3 Å². The number of hydrogen-bond acceptors (Lipinski definition) is 4. The normalized spacial score (nSPS) is 13.1. The molecule has 0 saturated carbocycles. The van der Waals surface area contributed by atoms with Gasteiger partial charge in [-0.1, -0.05) is 20.8 Å². The molecule has 3 aromatic heterocycles. The highest BCUT2D eigenvalue weighted by Gasteiger charge is 2.37. The fourth-order valence-electron chi connectivity index (χ4n) is 3.62. The number of carbonyl (C=O) groups is 1. The highest BCUT2D eigenvalue weighted by molar-refractivity contribution is 6.00. The van der Waals surface area contributed by atoms with Gasteiger partial charge in [-0.2, -0.15) is 18.3 Å². The minimum Gasteiger partial charge on any atom is -0.463 e. The topological polar surface area (TPSA) is 72.4 Å². The standard InChI is InChI=1S/C20H23F3N4O2/c1-18(2,3)11-19(4,5)26-17(28)12-10-24-27-15(20(21,22)23)9-13(25-16(12)27)14-7-6-8-29-14/h6-10H,11H2,1-5H3,(H,26,28). The lowest BCUT2D eigenvalue weighted by atomic mass is 9.81. The monoisotopic (exact) mass is 408 g/mol. The molecule has 9 heteroatoms. The van der Waals surface area contributed by atoms with Crippen LogP contribution in [0.1, 0.15) is 57.1 Å². The summed E-state index contributed by atoms with van der Waals surface area (Å²) in [6, 6.07) is 3.90. The number of aromatic nitrogens is 3. The Morgan fingerprint density at radius 2 is 1.90 bits per heavy atom. The number of nitrogens with zero attached hydrogens (tertiary/aromatic N) is 3. The predicted molar refractivity (Wildman–Crippen MR) is 101 cm³/mol. The summed E-state index contributed by atoms with van der Waals surface area (Å²) in [7, 11) is 0. The molecule has 0 saturated heterocycles. The van der Waals surface area contributed by atoms with Crippen molar-refractivity contribution in [2.24, 2.45) is 5.41 Å². The first-order chi connectivity index (χ1) is 13.3. The average Bonchev–Trinajstić information content (AvgIpc) is 3.19. The first-order valence-corrected chi connectivity index (χ1v) is 9.09. The summed E-state index contributed by atoms with van der Waals surface area (Å²) >= 11 is 0. The number of halogens is 3. The van der Waals surface area contributed by atoms with Crippen molar-refractivity contribution >= 4 is 11.6 Å². The first kappa shape index (κ1) is 20.9. The zero-order valence-corrected chi connectivity index (χ0v) is 16.9. The number of fused-ring (bicyclic) bond motifs is 1. The van der Waals surface area contributed by atoms with E-state index in [-0.39, 0.29) is 28.1 Å². The molecule has 1 N–H and O–H groups in total. The van der Waals surface area contributed by atoms with Crippen molar-refractivity contribution < 1.29 is 22.4 Å². The van der Waals surface area contributed by atoms with Crippen molar-refractivity contribution in [2.75, 3.05) is 0 Å². The second-order valence-electron chi connectivity index (χ2n) is 8.87. The quantitative estimate of drug-likeness (QED) is 0.663. The molecule has 3 rings (SSSR count). The van der Waals surface area contributed by atoms with Gasteiger partial charge in [0.1, 0.15) is 11.3 Å². The Labute approximate surface area is 166 Å². The smallest absolute Gasteiger partial charge is 0.433 e. The third kappa shape index (κ3) is 4.60. The number of carbonyl (C=O) groups excluding carboxylic acids is 1. The number of alkyl halides is 3. The molecule has 0 aliphatic heterocycles. The average molecular weight is 408 g/mol. The molecule has 1 amide bonds. The lowest BCUT2D eigenvalue weighted by Gasteiger charge is -2.33. The van der Waals surface area contributed by atoms with Gasteiger partial charge in [-0.25, -0.2) is 9.50 Å². The summed E-state index contributed by atoms with van der Waals surface area (Å²) < 4.78 is 46.6. The Morgan fingerprint density at radius 3 is 2.45 bits per heavy atom. The van der Waals surface area contributed by atoms with Crippen molar-refractivity contribution in [3.05, 3.63) is 41.9 Å². The van der Waals surface area contributed by atoms with E-state index >= 15 is 0 Å². The molecule has 0 unspecified atom stereocenters. The van der Waals surface area contributed by atoms with Crippen LogP contribution >= 0.6 is 0 Å². The van der Waals surface area contributed by atoms with Gasteiger partial charge in [0.15, 0.2) is 17.1 Å². The number of rotatable bonds is 4. The Balaban J connectivity index is 2.08. The third-order valence-electron chi connectivity index (χ3n) is 4.20. The van der Waals surface area contributed by atoms with Crippen LogP contribution in [0, 0.1) is 5.41 Å². The summed E-state index contributed by atoms with van der Waals surface area (Å²) in [6.07, 6.45) is -1.57. The van der Waals surface area contributed by atoms with Crippen LogP contribution in [0.5, 0.6) is 0 Å². The summed E-state index contributed by atoms with van der Waals surface area (Å²) in [4.78, 5) is 17.1. The minimum atomic E-state index is -4.69. The molecule has 3 aromatic rings. The molecule has 156 valence electrons. The fraction of sp³-hybridized carbons (Fsp3) is 0.450. The van der Waals surface area contributed by atoms with Crippen molar-refractivity contribution in [3.8, 4) is 11.5 Å². The summed E-state index contributed by atoms with van der Waals surface area (Å²) in [5, 5.41) is 6.66. The Hall–Kier alpha value is -2.84. The van der Waals surface area contributed by atoms with Gasteiger partial charge in [0.2, 0.25) is 0 Å². The minimum absolute atomic E-state index is 0.0293. The molecule has 6 nitrogen and oxygen atoms in total. The van der Waals surface area contributed by atoms with Crippen LogP contribution < -0.4 is 5.32 Å². The number of amides is 1. The molecular weight excluding hydrogens is 385 g/mol. The van der Waals surface area contributed by atoms with Crippen LogP contribution in [0.25, 0.3) is 17.1 Å². The van der Waals surface area contributed by atoms with Crippen LogP contribution in [-0.4, -0.2) is 26.0 Å². The zero-order chi connectivity index (χ0) is 21.6. The van der Waals surface area contributed by atoms with Gasteiger partial charge in [-0.05, 0) is 43.9 Å². The molecule has 29 heavy (non-hydrogen) atoms. The maximum atomic E-state index is 13.6. The molecule has 0 fully saturated rings. The van der Waals surface area contributed by atoms with Gasteiger partial charge < -0.3 is 9.73 Å². The van der Waals surface area contributed by atoms with Gasteiger partial charge >= 0.3 is 6.18 Å². The Morgan fingerprint density at radius 1 is 1.21 bits per heavy atom. The van der Waals surface area contributed by atoms with E-state index in [2.05, 4.69) is 15.4 Å². The maximum Gasteiger partial charge on any atom is 0.433 e. The van der Waals surface area contributed by atoms with Gasteiger partial charge in [0.05, 0.1) is 12.5 Å². The Bertz CT molecular complexity index is 1030. The lowest BCUT2D eigenvalue weighted by molar-refractivity contribution is -0.142. The molecular formula is C20H23F3N4O2. The van der Waals surface area contributed by atoms with E-state index in [1.165, 1.54) is 12.3 Å². The number of nitrogens with one attached hydrogen (secondary N) is 1. The molecule has 0 spiro atoms. The molecule has 0 atom stereocenters. The summed E-state index contributed by atoms with van der Waals surface area (Å²) in [5.74, 6) is -0.370. The van der Waals surface area contributed by atoms with Gasteiger partial charge in [0.25, 0.3) is 5.91 Å². The van der Waals surface area contributed by atoms with Crippen molar-refractivity contribution in [1.29, 1.82) is 0 Å². The summed E-state index contributed by atoms with van der Waals surface area (Å²) in [5.41, 5.74) is -1.91. The van der Waals surface area contributed by atoms with E-state index in [1.54, 1.807) is 6.07 Å². The molecule has 3 heterocycles. The van der Waals surface area contributed by atoms with E-state index in [9.17, 15) is 18.0 Å². The second kappa shape index (κ2) is 6.89. The molecule has 0 radical (unpaired) electrons. The van der Waals surface area contributed by atoms with E-state index in [1.807, 2.05) is 34.6 Å². The Kier molecular flexibility index (Phi) is 4.96. The van der Waals surface area contributed by atoms with Gasteiger partial charge in [-0.15, -0.1) is 0 Å². The van der Waals surface area contributed by atoms with Crippen molar-refractivity contribution in [2.45, 2.75) is 52.8 Å². The second-order valence-corrected chi connectivity index (χ2v) is 8.87. The van der Waals surface area contributed by atoms with Crippen LogP contribution in [0.15, 0.2) is 35.1 Å². The van der Waals surface area contributed by atoms with Crippen LogP contribution in [0.4, 0.5) is 13.2 Å². The van der Waals surface area contributed by atoms with Gasteiger partial charge in [0, 0.05) is 5.54 Å². The van der Waals surface area contributed by atoms with Crippen molar-refractivity contribution in [3.63, 3.8) is 0 Å². The highest BCUT2D eigenvalue weighted by atomic mass is 19.4. The van der Waals surface area contributed by atoms with Crippen LogP contribution in [-0.2, 0) is 6.18 Å². The SMILES string of the molecule is CC(C)(C)CC(C)(C)NC(=O)c1cnn2c(C(F)(F)F)cc(-c3ccco3)nc12. The first-order valence-electron chi connectivity index (χ1n) is 9.09. The molecule has 0 aromatic carbocycles. The van der Waals surface area contributed by atoms with Crippen LogP contribution in [0.3, 0.4) is 0 Å². The number of furan rings is 1.